The van der Waals surface area contributed by atoms with E-state index in [1.54, 1.807) is 17.2 Å². The number of hydrogen-bond donors (Lipinski definition) is 1. The summed E-state index contributed by atoms with van der Waals surface area (Å²) >= 11 is 0. The molecule has 0 bridgehead atoms. The van der Waals surface area contributed by atoms with E-state index in [0.717, 1.165) is 6.54 Å². The van der Waals surface area contributed by atoms with Crippen LogP contribution in [0.5, 0.6) is 0 Å². The lowest BCUT2D eigenvalue weighted by Crippen LogP contribution is -2.31. The quantitative estimate of drug-likeness (QED) is 0.867. The van der Waals surface area contributed by atoms with Gasteiger partial charge in [-0.3, -0.25) is 9.78 Å². The Balaban J connectivity index is 2.01. The molecule has 92 valence electrons. The molecule has 0 unspecified atom stereocenters. The van der Waals surface area contributed by atoms with Crippen LogP contribution in [0.25, 0.3) is 0 Å². The average molecular weight is 233 g/mol. The summed E-state index contributed by atoms with van der Waals surface area (Å²) in [5, 5.41) is 0. The second kappa shape index (κ2) is 5.17. The fraction of sp³-hybridized carbons (Fsp3) is 0.538. The van der Waals surface area contributed by atoms with E-state index < -0.39 is 0 Å². The zero-order valence-corrected chi connectivity index (χ0v) is 10.2. The van der Waals surface area contributed by atoms with Gasteiger partial charge in [-0.1, -0.05) is 12.8 Å². The van der Waals surface area contributed by atoms with E-state index in [4.69, 9.17) is 5.73 Å². The molecule has 1 amide bonds. The van der Waals surface area contributed by atoms with Gasteiger partial charge in [0.2, 0.25) is 0 Å². The highest BCUT2D eigenvalue weighted by Gasteiger charge is 2.21. The van der Waals surface area contributed by atoms with Gasteiger partial charge in [-0.15, -0.1) is 0 Å². The predicted octanol–water partition coefficient (Wildman–Crippen LogP) is 1.93. The molecule has 2 rings (SSSR count). The van der Waals surface area contributed by atoms with Gasteiger partial charge < -0.3 is 10.6 Å². The number of pyridine rings is 1. The monoisotopic (exact) mass is 233 g/mol. The van der Waals surface area contributed by atoms with Crippen molar-refractivity contribution in [2.45, 2.75) is 25.7 Å². The molecule has 1 heterocycles. The minimum absolute atomic E-state index is 0.00296. The molecule has 0 aromatic carbocycles. The second-order valence-electron chi connectivity index (χ2n) is 4.80. The van der Waals surface area contributed by atoms with Crippen molar-refractivity contribution in [3.8, 4) is 0 Å². The number of carbonyl (C=O) groups excluding carboxylic acids is 1. The topological polar surface area (TPSA) is 59.2 Å². The van der Waals surface area contributed by atoms with E-state index in [1.807, 2.05) is 7.05 Å². The van der Waals surface area contributed by atoms with Crippen molar-refractivity contribution in [1.29, 1.82) is 0 Å². The smallest absolute Gasteiger partial charge is 0.255 e. The molecule has 4 heteroatoms. The van der Waals surface area contributed by atoms with Crippen molar-refractivity contribution in [2.24, 2.45) is 5.92 Å². The number of nitrogens with zero attached hydrogens (tertiary/aromatic N) is 2. The van der Waals surface area contributed by atoms with Crippen LogP contribution in [-0.2, 0) is 0 Å². The van der Waals surface area contributed by atoms with Crippen molar-refractivity contribution in [3.05, 3.63) is 24.0 Å². The van der Waals surface area contributed by atoms with Gasteiger partial charge in [0.15, 0.2) is 0 Å². The first-order chi connectivity index (χ1) is 8.18. The molecule has 1 saturated carbocycles. The molecule has 0 spiro atoms. The number of nitrogen functional groups attached to an aromatic ring is 1. The lowest BCUT2D eigenvalue weighted by atomic mass is 10.1. The molecule has 0 atom stereocenters. The van der Waals surface area contributed by atoms with Crippen molar-refractivity contribution >= 4 is 11.6 Å². The fourth-order valence-electron chi connectivity index (χ4n) is 2.47. The van der Waals surface area contributed by atoms with Crippen LogP contribution in [0.2, 0.25) is 0 Å². The van der Waals surface area contributed by atoms with Crippen LogP contribution in [0, 0.1) is 5.92 Å². The van der Waals surface area contributed by atoms with Crippen LogP contribution in [0.3, 0.4) is 0 Å². The number of rotatable bonds is 3. The van der Waals surface area contributed by atoms with Crippen molar-refractivity contribution in [3.63, 3.8) is 0 Å². The number of aromatic nitrogens is 1. The highest BCUT2D eigenvalue weighted by atomic mass is 16.2. The van der Waals surface area contributed by atoms with Gasteiger partial charge in [0.05, 0.1) is 17.4 Å². The standard InChI is InChI=1S/C13H19N3O/c1-16(9-10-4-2-3-5-10)13(17)11-6-7-15-8-12(11)14/h6-8,10H,2-5,9,14H2,1H3. The molecule has 1 aromatic rings. The lowest BCUT2D eigenvalue weighted by molar-refractivity contribution is 0.0774. The van der Waals surface area contributed by atoms with Crippen molar-refractivity contribution in [2.75, 3.05) is 19.3 Å². The molecule has 17 heavy (non-hydrogen) atoms. The Kier molecular flexibility index (Phi) is 3.61. The average Bonchev–Trinajstić information content (AvgIpc) is 2.81. The van der Waals surface area contributed by atoms with Gasteiger partial charge in [-0.05, 0) is 24.8 Å². The summed E-state index contributed by atoms with van der Waals surface area (Å²) in [6.07, 6.45) is 8.20. The zero-order valence-electron chi connectivity index (χ0n) is 10.2. The number of amides is 1. The Morgan fingerprint density at radius 1 is 1.53 bits per heavy atom. The van der Waals surface area contributed by atoms with Crippen molar-refractivity contribution in [1.82, 2.24) is 9.88 Å². The van der Waals surface area contributed by atoms with E-state index in [2.05, 4.69) is 4.98 Å². The van der Waals surface area contributed by atoms with E-state index >= 15 is 0 Å². The largest absolute Gasteiger partial charge is 0.397 e. The maximum atomic E-state index is 12.2. The SMILES string of the molecule is CN(CC1CCCC1)C(=O)c1ccncc1N. The summed E-state index contributed by atoms with van der Waals surface area (Å²) in [6.45, 7) is 0.834. The first-order valence-electron chi connectivity index (χ1n) is 6.13. The van der Waals surface area contributed by atoms with Gasteiger partial charge >= 0.3 is 0 Å². The van der Waals surface area contributed by atoms with Crippen molar-refractivity contribution < 1.29 is 4.79 Å². The molecule has 0 aliphatic heterocycles. The Bertz CT molecular complexity index is 399. The summed E-state index contributed by atoms with van der Waals surface area (Å²) in [5.41, 5.74) is 6.77. The minimum atomic E-state index is -0.00296. The van der Waals surface area contributed by atoms with E-state index in [-0.39, 0.29) is 5.91 Å². The summed E-state index contributed by atoms with van der Waals surface area (Å²) in [6, 6.07) is 1.68. The van der Waals surface area contributed by atoms with E-state index in [0.29, 0.717) is 17.2 Å². The number of carbonyl (C=O) groups is 1. The summed E-state index contributed by atoms with van der Waals surface area (Å²) < 4.78 is 0. The van der Waals surface area contributed by atoms with Crippen LogP contribution in [0.1, 0.15) is 36.0 Å². The minimum Gasteiger partial charge on any atom is -0.397 e. The zero-order chi connectivity index (χ0) is 12.3. The van der Waals surface area contributed by atoms with Gasteiger partial charge in [0, 0.05) is 19.8 Å². The van der Waals surface area contributed by atoms with Crippen LogP contribution in [-0.4, -0.2) is 29.4 Å². The summed E-state index contributed by atoms with van der Waals surface area (Å²) in [7, 11) is 1.85. The Labute approximate surface area is 102 Å². The summed E-state index contributed by atoms with van der Waals surface area (Å²) in [5.74, 6) is 0.656. The first kappa shape index (κ1) is 11.9. The molecule has 1 fully saturated rings. The fourth-order valence-corrected chi connectivity index (χ4v) is 2.47. The predicted molar refractivity (Wildman–Crippen MR) is 67.6 cm³/mol. The highest BCUT2D eigenvalue weighted by Crippen LogP contribution is 2.25. The van der Waals surface area contributed by atoms with Gasteiger partial charge in [-0.25, -0.2) is 0 Å². The Morgan fingerprint density at radius 3 is 2.88 bits per heavy atom. The molecule has 0 radical (unpaired) electrons. The molecule has 2 N–H and O–H groups in total. The number of anilines is 1. The van der Waals surface area contributed by atoms with Crippen LogP contribution in [0.15, 0.2) is 18.5 Å². The third-order valence-corrected chi connectivity index (χ3v) is 3.44. The summed E-state index contributed by atoms with van der Waals surface area (Å²) in [4.78, 5) is 17.8. The molecular weight excluding hydrogens is 214 g/mol. The van der Waals surface area contributed by atoms with Gasteiger partial charge in [0.25, 0.3) is 5.91 Å². The van der Waals surface area contributed by atoms with Crippen LogP contribution in [0.4, 0.5) is 5.69 Å². The second-order valence-corrected chi connectivity index (χ2v) is 4.80. The molecule has 1 aliphatic rings. The van der Waals surface area contributed by atoms with Crippen LogP contribution >= 0.6 is 0 Å². The lowest BCUT2D eigenvalue weighted by Gasteiger charge is -2.21. The molecule has 1 aromatic heterocycles. The number of nitrogens with two attached hydrogens (primary N) is 1. The maximum absolute atomic E-state index is 12.2. The van der Waals surface area contributed by atoms with E-state index in [9.17, 15) is 4.79 Å². The van der Waals surface area contributed by atoms with E-state index in [1.165, 1.54) is 31.9 Å². The third kappa shape index (κ3) is 2.75. The molecule has 4 nitrogen and oxygen atoms in total. The molecule has 0 saturated heterocycles. The van der Waals surface area contributed by atoms with Gasteiger partial charge in [0.1, 0.15) is 0 Å². The van der Waals surface area contributed by atoms with Gasteiger partial charge in [-0.2, -0.15) is 0 Å². The highest BCUT2D eigenvalue weighted by molar-refractivity contribution is 5.98. The maximum Gasteiger partial charge on any atom is 0.255 e. The molecular formula is C13H19N3O. The number of hydrogen-bond acceptors (Lipinski definition) is 3. The Hall–Kier alpha value is -1.58. The normalized spacial score (nSPS) is 16.1. The molecule has 1 aliphatic carbocycles. The Morgan fingerprint density at radius 2 is 2.24 bits per heavy atom. The third-order valence-electron chi connectivity index (χ3n) is 3.44. The van der Waals surface area contributed by atoms with Crippen LogP contribution < -0.4 is 5.73 Å². The first-order valence-corrected chi connectivity index (χ1v) is 6.13.